The first kappa shape index (κ1) is 12.9. The standard InChI is InChI=1S/C12H16BrN5/c1-3-15-12-17-16-11(18(12)4-2)8-5-9(13)7-10(14)6-8/h5-7H,3-4,14H2,1-2H3,(H,15,17). The van der Waals surface area contributed by atoms with E-state index < -0.39 is 0 Å². The fraction of sp³-hybridized carbons (Fsp3) is 0.333. The van der Waals surface area contributed by atoms with Crippen molar-refractivity contribution in [1.82, 2.24) is 14.8 Å². The Hall–Kier alpha value is -1.56. The molecule has 1 heterocycles. The molecule has 6 heteroatoms. The Labute approximate surface area is 115 Å². The fourth-order valence-corrected chi connectivity index (χ4v) is 2.36. The topological polar surface area (TPSA) is 68.8 Å². The summed E-state index contributed by atoms with van der Waals surface area (Å²) in [6, 6.07) is 5.75. The highest BCUT2D eigenvalue weighted by Crippen LogP contribution is 2.26. The maximum atomic E-state index is 5.85. The van der Waals surface area contributed by atoms with E-state index in [1.54, 1.807) is 0 Å². The van der Waals surface area contributed by atoms with Gasteiger partial charge in [0.15, 0.2) is 5.82 Å². The second kappa shape index (κ2) is 5.39. The first-order valence-corrected chi connectivity index (χ1v) is 6.68. The van der Waals surface area contributed by atoms with Crippen molar-refractivity contribution in [1.29, 1.82) is 0 Å². The molecular formula is C12H16BrN5. The summed E-state index contributed by atoms with van der Waals surface area (Å²) >= 11 is 3.44. The molecule has 18 heavy (non-hydrogen) atoms. The van der Waals surface area contributed by atoms with Crippen molar-refractivity contribution >= 4 is 27.6 Å². The summed E-state index contributed by atoms with van der Waals surface area (Å²) in [5, 5.41) is 11.6. The zero-order valence-electron chi connectivity index (χ0n) is 10.4. The van der Waals surface area contributed by atoms with Crippen molar-refractivity contribution < 1.29 is 0 Å². The first-order valence-electron chi connectivity index (χ1n) is 5.89. The van der Waals surface area contributed by atoms with E-state index in [1.165, 1.54) is 0 Å². The van der Waals surface area contributed by atoms with E-state index in [4.69, 9.17) is 5.73 Å². The van der Waals surface area contributed by atoms with Crippen LogP contribution in [0.2, 0.25) is 0 Å². The average molecular weight is 310 g/mol. The molecule has 0 spiro atoms. The Morgan fingerprint density at radius 2 is 2.06 bits per heavy atom. The van der Waals surface area contributed by atoms with Gasteiger partial charge in [0.1, 0.15) is 0 Å². The molecule has 0 fully saturated rings. The number of hydrogen-bond donors (Lipinski definition) is 2. The van der Waals surface area contributed by atoms with Gasteiger partial charge in [-0.3, -0.25) is 4.57 Å². The monoisotopic (exact) mass is 309 g/mol. The quantitative estimate of drug-likeness (QED) is 0.852. The third-order valence-electron chi connectivity index (χ3n) is 2.58. The van der Waals surface area contributed by atoms with Gasteiger partial charge in [0.25, 0.3) is 0 Å². The van der Waals surface area contributed by atoms with Crippen molar-refractivity contribution in [3.05, 3.63) is 22.7 Å². The van der Waals surface area contributed by atoms with Gasteiger partial charge in [0, 0.05) is 28.8 Å². The van der Waals surface area contributed by atoms with Crippen molar-refractivity contribution in [2.45, 2.75) is 20.4 Å². The number of aromatic nitrogens is 3. The van der Waals surface area contributed by atoms with Crippen LogP contribution in [-0.4, -0.2) is 21.3 Å². The van der Waals surface area contributed by atoms with Crippen molar-refractivity contribution in [2.24, 2.45) is 0 Å². The third kappa shape index (κ3) is 2.48. The Morgan fingerprint density at radius 3 is 2.67 bits per heavy atom. The number of rotatable bonds is 4. The Kier molecular flexibility index (Phi) is 3.86. The van der Waals surface area contributed by atoms with Gasteiger partial charge in [-0.1, -0.05) is 15.9 Å². The first-order chi connectivity index (χ1) is 8.65. The van der Waals surface area contributed by atoms with Gasteiger partial charge >= 0.3 is 0 Å². The van der Waals surface area contributed by atoms with E-state index in [0.717, 1.165) is 34.9 Å². The van der Waals surface area contributed by atoms with Gasteiger partial charge in [0.2, 0.25) is 5.95 Å². The molecule has 0 radical (unpaired) electrons. The lowest BCUT2D eigenvalue weighted by Crippen LogP contribution is -2.07. The molecule has 0 bridgehead atoms. The van der Waals surface area contributed by atoms with Gasteiger partial charge < -0.3 is 11.1 Å². The molecule has 0 aliphatic heterocycles. The minimum atomic E-state index is 0.704. The number of nitrogens with one attached hydrogen (secondary N) is 1. The molecule has 0 aliphatic rings. The van der Waals surface area contributed by atoms with Crippen LogP contribution in [0.4, 0.5) is 11.6 Å². The summed E-state index contributed by atoms with van der Waals surface area (Å²) in [6.07, 6.45) is 0. The average Bonchev–Trinajstić information content (AvgIpc) is 2.71. The second-order valence-electron chi connectivity index (χ2n) is 3.90. The van der Waals surface area contributed by atoms with E-state index in [1.807, 2.05) is 29.7 Å². The van der Waals surface area contributed by atoms with Crippen LogP contribution in [0.25, 0.3) is 11.4 Å². The number of halogens is 1. The lowest BCUT2D eigenvalue weighted by Gasteiger charge is -2.08. The number of anilines is 2. The predicted molar refractivity (Wildman–Crippen MR) is 77.4 cm³/mol. The third-order valence-corrected chi connectivity index (χ3v) is 3.04. The molecule has 0 unspecified atom stereocenters. The molecule has 0 saturated heterocycles. The number of benzene rings is 1. The normalized spacial score (nSPS) is 10.6. The Balaban J connectivity index is 2.49. The van der Waals surface area contributed by atoms with Crippen molar-refractivity contribution in [2.75, 3.05) is 17.6 Å². The molecule has 0 saturated carbocycles. The van der Waals surface area contributed by atoms with Gasteiger partial charge in [-0.25, -0.2) is 0 Å². The number of nitrogens with zero attached hydrogens (tertiary/aromatic N) is 3. The van der Waals surface area contributed by atoms with Crippen LogP contribution < -0.4 is 11.1 Å². The molecule has 0 amide bonds. The molecule has 1 aromatic carbocycles. The summed E-state index contributed by atoms with van der Waals surface area (Å²) in [5.41, 5.74) is 7.51. The maximum absolute atomic E-state index is 5.85. The summed E-state index contributed by atoms with van der Waals surface area (Å²) < 4.78 is 2.97. The van der Waals surface area contributed by atoms with Crippen LogP contribution >= 0.6 is 15.9 Å². The number of nitrogen functional groups attached to an aromatic ring is 1. The molecule has 2 aromatic rings. The van der Waals surface area contributed by atoms with Gasteiger partial charge in [-0.15, -0.1) is 10.2 Å². The number of nitrogens with two attached hydrogens (primary N) is 1. The summed E-state index contributed by atoms with van der Waals surface area (Å²) in [7, 11) is 0. The molecule has 0 aliphatic carbocycles. The molecule has 0 atom stereocenters. The van der Waals surface area contributed by atoms with E-state index in [-0.39, 0.29) is 0 Å². The molecule has 2 rings (SSSR count). The van der Waals surface area contributed by atoms with E-state index >= 15 is 0 Å². The van der Waals surface area contributed by atoms with Crippen molar-refractivity contribution in [3.63, 3.8) is 0 Å². The Morgan fingerprint density at radius 1 is 1.28 bits per heavy atom. The molecular weight excluding hydrogens is 294 g/mol. The van der Waals surface area contributed by atoms with E-state index in [2.05, 4.69) is 38.4 Å². The van der Waals surface area contributed by atoms with Crippen molar-refractivity contribution in [3.8, 4) is 11.4 Å². The van der Waals surface area contributed by atoms with Crippen LogP contribution in [0.3, 0.4) is 0 Å². The lowest BCUT2D eigenvalue weighted by atomic mass is 10.2. The van der Waals surface area contributed by atoms with Crippen LogP contribution in [0.5, 0.6) is 0 Å². The number of hydrogen-bond acceptors (Lipinski definition) is 4. The highest BCUT2D eigenvalue weighted by Gasteiger charge is 2.12. The van der Waals surface area contributed by atoms with Crippen LogP contribution in [0.1, 0.15) is 13.8 Å². The van der Waals surface area contributed by atoms with Crippen LogP contribution in [0, 0.1) is 0 Å². The van der Waals surface area contributed by atoms with E-state index in [9.17, 15) is 0 Å². The Bertz CT molecular complexity index is 529. The smallest absolute Gasteiger partial charge is 0.224 e. The van der Waals surface area contributed by atoms with Gasteiger partial charge in [-0.2, -0.15) is 0 Å². The lowest BCUT2D eigenvalue weighted by molar-refractivity contribution is 0.770. The minimum Gasteiger partial charge on any atom is -0.399 e. The largest absolute Gasteiger partial charge is 0.399 e. The van der Waals surface area contributed by atoms with Gasteiger partial charge in [-0.05, 0) is 32.0 Å². The highest BCUT2D eigenvalue weighted by atomic mass is 79.9. The van der Waals surface area contributed by atoms with Crippen LogP contribution in [0.15, 0.2) is 22.7 Å². The zero-order valence-corrected chi connectivity index (χ0v) is 12.0. The SMILES string of the molecule is CCNc1nnc(-c2cc(N)cc(Br)c2)n1CC. The highest BCUT2D eigenvalue weighted by molar-refractivity contribution is 9.10. The van der Waals surface area contributed by atoms with E-state index in [0.29, 0.717) is 5.69 Å². The maximum Gasteiger partial charge on any atom is 0.224 e. The molecule has 96 valence electrons. The minimum absolute atomic E-state index is 0.704. The predicted octanol–water partition coefficient (Wildman–Crippen LogP) is 2.74. The zero-order chi connectivity index (χ0) is 13.1. The fourth-order valence-electron chi connectivity index (χ4n) is 1.85. The summed E-state index contributed by atoms with van der Waals surface area (Å²) in [4.78, 5) is 0. The van der Waals surface area contributed by atoms with Crippen LogP contribution in [-0.2, 0) is 6.54 Å². The second-order valence-corrected chi connectivity index (χ2v) is 4.81. The van der Waals surface area contributed by atoms with Gasteiger partial charge in [0.05, 0.1) is 0 Å². The molecule has 1 aromatic heterocycles. The molecule has 5 nitrogen and oxygen atoms in total. The summed E-state index contributed by atoms with van der Waals surface area (Å²) in [6.45, 7) is 5.72. The molecule has 3 N–H and O–H groups in total. The summed E-state index contributed by atoms with van der Waals surface area (Å²) in [5.74, 6) is 1.61.